The van der Waals surface area contributed by atoms with Gasteiger partial charge in [0.25, 0.3) is 0 Å². The number of ketones is 1. The summed E-state index contributed by atoms with van der Waals surface area (Å²) in [5.41, 5.74) is -0.640. The molecule has 0 fully saturated rings. The smallest absolute Gasteiger partial charge is 0.408 e. The van der Waals surface area contributed by atoms with Gasteiger partial charge in [-0.05, 0) is 26.8 Å². The quantitative estimate of drug-likeness (QED) is 0.777. The maximum atomic E-state index is 11.7. The van der Waals surface area contributed by atoms with E-state index in [0.717, 1.165) is 0 Å². The molecule has 1 rings (SSSR count). The highest BCUT2D eigenvalue weighted by Crippen LogP contribution is 2.22. The number of alkyl carbamates (subject to hydrolysis) is 1. The molecular formula is C14H21NO5S. The van der Waals surface area contributed by atoms with Crippen molar-refractivity contribution >= 4 is 29.6 Å². The maximum Gasteiger partial charge on any atom is 0.408 e. The SMILES string of the molecule is COC(=O)[C@H](CS[C@@H]1C=CC(=O)C1)NC(=O)OC(C)(C)C. The first-order valence-electron chi connectivity index (χ1n) is 6.61. The van der Waals surface area contributed by atoms with Crippen LogP contribution in [0.15, 0.2) is 12.2 Å². The summed E-state index contributed by atoms with van der Waals surface area (Å²) in [7, 11) is 1.26. The van der Waals surface area contributed by atoms with Crippen molar-refractivity contribution in [1.82, 2.24) is 5.32 Å². The second kappa shape index (κ2) is 7.49. The van der Waals surface area contributed by atoms with Gasteiger partial charge in [-0.1, -0.05) is 6.08 Å². The Balaban J connectivity index is 2.52. The van der Waals surface area contributed by atoms with Crippen molar-refractivity contribution in [1.29, 1.82) is 0 Å². The molecule has 6 nitrogen and oxygen atoms in total. The molecule has 0 aromatic carbocycles. The van der Waals surface area contributed by atoms with Crippen molar-refractivity contribution in [3.63, 3.8) is 0 Å². The Labute approximate surface area is 128 Å². The standard InChI is InChI=1S/C14H21NO5S/c1-14(2,3)20-13(18)15-11(12(17)19-4)8-21-10-6-5-9(16)7-10/h5-6,10-11H,7-8H2,1-4H3,(H,15,18)/t10-,11+/m1/s1. The number of hydrogen-bond donors (Lipinski definition) is 1. The summed E-state index contributed by atoms with van der Waals surface area (Å²) >= 11 is 1.42. The van der Waals surface area contributed by atoms with Gasteiger partial charge in [0, 0.05) is 17.4 Å². The lowest BCUT2D eigenvalue weighted by atomic mass is 10.2. The van der Waals surface area contributed by atoms with E-state index in [1.807, 2.05) is 0 Å². The summed E-state index contributed by atoms with van der Waals surface area (Å²) < 4.78 is 9.79. The first-order chi connectivity index (χ1) is 9.71. The fraction of sp³-hybridized carbons (Fsp3) is 0.643. The van der Waals surface area contributed by atoms with E-state index in [1.54, 1.807) is 26.8 Å². The molecule has 118 valence electrons. The van der Waals surface area contributed by atoms with Crippen LogP contribution in [0.3, 0.4) is 0 Å². The zero-order valence-corrected chi connectivity index (χ0v) is 13.5. The van der Waals surface area contributed by atoms with Gasteiger partial charge in [-0.15, -0.1) is 0 Å². The van der Waals surface area contributed by atoms with Crippen molar-refractivity contribution in [3.8, 4) is 0 Å². The number of thioether (sulfide) groups is 1. The van der Waals surface area contributed by atoms with Crippen LogP contribution < -0.4 is 5.32 Å². The highest BCUT2D eigenvalue weighted by Gasteiger charge is 2.27. The molecule has 0 unspecified atom stereocenters. The molecule has 0 aromatic heterocycles. The molecule has 0 aliphatic heterocycles. The number of nitrogens with one attached hydrogen (secondary N) is 1. The van der Waals surface area contributed by atoms with Crippen LogP contribution in [-0.2, 0) is 19.1 Å². The predicted molar refractivity (Wildman–Crippen MR) is 80.2 cm³/mol. The Morgan fingerprint density at radius 3 is 2.62 bits per heavy atom. The van der Waals surface area contributed by atoms with Crippen molar-refractivity contribution in [2.45, 2.75) is 44.1 Å². The number of rotatable bonds is 5. The first kappa shape index (κ1) is 17.6. The van der Waals surface area contributed by atoms with E-state index >= 15 is 0 Å². The van der Waals surface area contributed by atoms with E-state index in [1.165, 1.54) is 24.9 Å². The maximum absolute atomic E-state index is 11.7. The van der Waals surface area contributed by atoms with Gasteiger partial charge in [0.05, 0.1) is 7.11 Å². The lowest BCUT2D eigenvalue weighted by Crippen LogP contribution is -2.45. The molecule has 0 heterocycles. The molecule has 0 bridgehead atoms. The van der Waals surface area contributed by atoms with Gasteiger partial charge in [0.2, 0.25) is 0 Å². The van der Waals surface area contributed by atoms with E-state index in [2.05, 4.69) is 10.1 Å². The number of amides is 1. The Morgan fingerprint density at radius 1 is 1.48 bits per heavy atom. The molecule has 2 atom stereocenters. The Bertz CT molecular complexity index is 441. The number of methoxy groups -OCH3 is 1. The summed E-state index contributed by atoms with van der Waals surface area (Å²) in [6.45, 7) is 5.22. The van der Waals surface area contributed by atoms with Crippen molar-refractivity contribution < 1.29 is 23.9 Å². The molecule has 1 aliphatic carbocycles. The van der Waals surface area contributed by atoms with Gasteiger partial charge >= 0.3 is 12.1 Å². The third kappa shape index (κ3) is 6.66. The zero-order chi connectivity index (χ0) is 16.0. The molecule has 0 spiro atoms. The number of ether oxygens (including phenoxy) is 2. The molecule has 1 amide bonds. The molecule has 0 saturated carbocycles. The lowest BCUT2D eigenvalue weighted by molar-refractivity contribution is -0.142. The monoisotopic (exact) mass is 315 g/mol. The van der Waals surface area contributed by atoms with Gasteiger partial charge in [0.1, 0.15) is 11.6 Å². The molecule has 1 aliphatic rings. The van der Waals surface area contributed by atoms with Crippen molar-refractivity contribution in [2.75, 3.05) is 12.9 Å². The van der Waals surface area contributed by atoms with Crippen LogP contribution in [0.4, 0.5) is 4.79 Å². The second-order valence-electron chi connectivity index (χ2n) is 5.62. The molecular weight excluding hydrogens is 294 g/mol. The van der Waals surface area contributed by atoms with Crippen LogP contribution in [0, 0.1) is 0 Å². The first-order valence-corrected chi connectivity index (χ1v) is 7.66. The zero-order valence-electron chi connectivity index (χ0n) is 12.7. The van der Waals surface area contributed by atoms with Gasteiger partial charge in [-0.2, -0.15) is 11.8 Å². The second-order valence-corrected chi connectivity index (χ2v) is 6.90. The van der Waals surface area contributed by atoms with Crippen LogP contribution in [0.2, 0.25) is 0 Å². The van der Waals surface area contributed by atoms with E-state index in [4.69, 9.17) is 4.74 Å². The Morgan fingerprint density at radius 2 is 2.14 bits per heavy atom. The van der Waals surface area contributed by atoms with Crippen LogP contribution in [-0.4, -0.2) is 47.6 Å². The van der Waals surface area contributed by atoms with E-state index in [0.29, 0.717) is 12.2 Å². The summed E-state index contributed by atoms with van der Waals surface area (Å²) in [4.78, 5) is 34.6. The predicted octanol–water partition coefficient (Wildman–Crippen LogP) is 1.68. The van der Waals surface area contributed by atoms with Gasteiger partial charge in [0.15, 0.2) is 5.78 Å². The van der Waals surface area contributed by atoms with Crippen LogP contribution >= 0.6 is 11.8 Å². The van der Waals surface area contributed by atoms with Gasteiger partial charge < -0.3 is 14.8 Å². The van der Waals surface area contributed by atoms with Crippen molar-refractivity contribution in [2.24, 2.45) is 0 Å². The third-order valence-electron chi connectivity index (χ3n) is 2.55. The number of esters is 1. The average molecular weight is 315 g/mol. The molecule has 21 heavy (non-hydrogen) atoms. The highest BCUT2D eigenvalue weighted by molar-refractivity contribution is 8.00. The molecule has 0 saturated heterocycles. The normalized spacial score (nSPS) is 19.2. The topological polar surface area (TPSA) is 81.7 Å². The highest BCUT2D eigenvalue weighted by atomic mass is 32.2. The van der Waals surface area contributed by atoms with Crippen LogP contribution in [0.25, 0.3) is 0 Å². The van der Waals surface area contributed by atoms with Crippen LogP contribution in [0.1, 0.15) is 27.2 Å². The Kier molecular flexibility index (Phi) is 6.26. The molecule has 7 heteroatoms. The minimum absolute atomic E-state index is 0.0325. The van der Waals surface area contributed by atoms with E-state index < -0.39 is 23.7 Å². The number of carbonyl (C=O) groups is 3. The van der Waals surface area contributed by atoms with Crippen molar-refractivity contribution in [3.05, 3.63) is 12.2 Å². The largest absolute Gasteiger partial charge is 0.467 e. The number of hydrogen-bond acceptors (Lipinski definition) is 6. The summed E-state index contributed by atoms with van der Waals surface area (Å²) in [6, 6.07) is -0.807. The van der Waals surface area contributed by atoms with Gasteiger partial charge in [-0.25, -0.2) is 9.59 Å². The fourth-order valence-electron chi connectivity index (χ4n) is 1.64. The average Bonchev–Trinajstić information content (AvgIpc) is 2.77. The number of carbonyl (C=O) groups excluding carboxylic acids is 3. The summed E-state index contributed by atoms with van der Waals surface area (Å²) in [6.07, 6.45) is 3.09. The van der Waals surface area contributed by atoms with E-state index in [9.17, 15) is 14.4 Å². The number of allylic oxidation sites excluding steroid dienone is 1. The lowest BCUT2D eigenvalue weighted by Gasteiger charge is -2.22. The molecule has 1 N–H and O–H groups in total. The third-order valence-corrected chi connectivity index (χ3v) is 3.83. The molecule has 0 aromatic rings. The summed E-state index contributed by atoms with van der Waals surface area (Å²) in [5, 5.41) is 2.53. The molecule has 0 radical (unpaired) electrons. The minimum atomic E-state index is -0.807. The van der Waals surface area contributed by atoms with Crippen LogP contribution in [0.5, 0.6) is 0 Å². The van der Waals surface area contributed by atoms with E-state index in [-0.39, 0.29) is 11.0 Å². The summed E-state index contributed by atoms with van der Waals surface area (Å²) in [5.74, 6) is -0.155. The van der Waals surface area contributed by atoms with Gasteiger partial charge in [-0.3, -0.25) is 4.79 Å². The fourth-order valence-corrected chi connectivity index (χ4v) is 2.77. The Hall–Kier alpha value is -1.50. The minimum Gasteiger partial charge on any atom is -0.467 e.